The molecule has 1 aromatic carbocycles. The molecule has 0 bridgehead atoms. The minimum Gasteiger partial charge on any atom is -0.466 e. The van der Waals surface area contributed by atoms with Gasteiger partial charge in [0.05, 0.1) is 13.2 Å². The molecule has 0 aliphatic heterocycles. The zero-order valence-electron chi connectivity index (χ0n) is 10.8. The van der Waals surface area contributed by atoms with Gasteiger partial charge in [-0.3, -0.25) is 9.59 Å². The quantitative estimate of drug-likeness (QED) is 0.723. The Morgan fingerprint density at radius 1 is 0.833 bits per heavy atom. The van der Waals surface area contributed by atoms with Crippen LogP contribution in [0.25, 0.3) is 0 Å². The van der Waals surface area contributed by atoms with E-state index in [4.69, 9.17) is 9.47 Å². The van der Waals surface area contributed by atoms with Gasteiger partial charge in [0.1, 0.15) is 0 Å². The van der Waals surface area contributed by atoms with Gasteiger partial charge in [-0.15, -0.1) is 0 Å². The van der Waals surface area contributed by atoms with Crippen molar-refractivity contribution in [3.8, 4) is 0 Å². The van der Waals surface area contributed by atoms with Crippen LogP contribution >= 0.6 is 0 Å². The van der Waals surface area contributed by atoms with E-state index in [0.29, 0.717) is 26.1 Å². The Morgan fingerprint density at radius 3 is 1.44 bits per heavy atom. The standard InChI is InChI=1S/C14H18O4/c1-11(15)17-9-7-13-3-5-14(6-4-13)8-10-18-12(2)16/h3-6H,7-10H2,1-2H3. The molecule has 18 heavy (non-hydrogen) atoms. The van der Waals surface area contributed by atoms with Crippen molar-refractivity contribution in [2.45, 2.75) is 26.7 Å². The molecule has 0 aliphatic carbocycles. The van der Waals surface area contributed by atoms with Crippen LogP contribution in [0.5, 0.6) is 0 Å². The molecule has 0 spiro atoms. The maximum Gasteiger partial charge on any atom is 0.302 e. The van der Waals surface area contributed by atoms with E-state index >= 15 is 0 Å². The summed E-state index contributed by atoms with van der Waals surface area (Å²) in [6.45, 7) is 3.61. The second-order valence-electron chi connectivity index (χ2n) is 4.00. The molecule has 98 valence electrons. The lowest BCUT2D eigenvalue weighted by Gasteiger charge is -2.05. The van der Waals surface area contributed by atoms with Crippen LogP contribution in [-0.4, -0.2) is 25.2 Å². The van der Waals surface area contributed by atoms with Gasteiger partial charge in [0.2, 0.25) is 0 Å². The number of rotatable bonds is 6. The monoisotopic (exact) mass is 250 g/mol. The topological polar surface area (TPSA) is 52.6 Å². The van der Waals surface area contributed by atoms with Crippen LogP contribution in [0, 0.1) is 0 Å². The molecular formula is C14H18O4. The fraction of sp³-hybridized carbons (Fsp3) is 0.429. The third-order valence-electron chi connectivity index (χ3n) is 2.42. The molecule has 0 aromatic heterocycles. The molecule has 1 rings (SSSR count). The summed E-state index contributed by atoms with van der Waals surface area (Å²) in [6.07, 6.45) is 1.42. The lowest BCUT2D eigenvalue weighted by Crippen LogP contribution is -2.04. The summed E-state index contributed by atoms with van der Waals surface area (Å²) in [6, 6.07) is 7.97. The van der Waals surface area contributed by atoms with Gasteiger partial charge in [0.25, 0.3) is 0 Å². The summed E-state index contributed by atoms with van der Waals surface area (Å²) in [4.78, 5) is 21.2. The molecule has 0 radical (unpaired) electrons. The first kappa shape index (κ1) is 14.2. The number of carbonyl (C=O) groups excluding carboxylic acids is 2. The van der Waals surface area contributed by atoms with E-state index in [2.05, 4.69) is 0 Å². The number of ether oxygens (including phenoxy) is 2. The third-order valence-corrected chi connectivity index (χ3v) is 2.42. The highest BCUT2D eigenvalue weighted by molar-refractivity contribution is 5.66. The van der Waals surface area contributed by atoms with E-state index in [-0.39, 0.29) is 11.9 Å². The maximum absolute atomic E-state index is 10.6. The summed E-state index contributed by atoms with van der Waals surface area (Å²) in [5.41, 5.74) is 2.24. The van der Waals surface area contributed by atoms with E-state index in [0.717, 1.165) is 11.1 Å². The van der Waals surface area contributed by atoms with Crippen molar-refractivity contribution in [3.05, 3.63) is 35.4 Å². The average Bonchev–Trinajstić information content (AvgIpc) is 2.30. The Labute approximate surface area is 107 Å². The van der Waals surface area contributed by atoms with E-state index in [1.165, 1.54) is 13.8 Å². The van der Waals surface area contributed by atoms with Crippen LogP contribution in [0.4, 0.5) is 0 Å². The number of esters is 2. The minimum atomic E-state index is -0.256. The molecule has 0 aliphatic rings. The Balaban J connectivity index is 2.33. The van der Waals surface area contributed by atoms with Gasteiger partial charge in [-0.2, -0.15) is 0 Å². The molecule has 0 amide bonds. The molecular weight excluding hydrogens is 232 g/mol. The summed E-state index contributed by atoms with van der Waals surface area (Å²) < 4.78 is 9.74. The van der Waals surface area contributed by atoms with Crippen LogP contribution < -0.4 is 0 Å². The minimum absolute atomic E-state index is 0.256. The van der Waals surface area contributed by atoms with E-state index < -0.39 is 0 Å². The predicted molar refractivity (Wildman–Crippen MR) is 67.1 cm³/mol. The van der Waals surface area contributed by atoms with Crippen molar-refractivity contribution in [1.29, 1.82) is 0 Å². The highest BCUT2D eigenvalue weighted by Crippen LogP contribution is 2.06. The molecule has 0 fully saturated rings. The first-order valence-electron chi connectivity index (χ1n) is 5.92. The van der Waals surface area contributed by atoms with Crippen LogP contribution in [0.15, 0.2) is 24.3 Å². The zero-order valence-corrected chi connectivity index (χ0v) is 10.8. The smallest absolute Gasteiger partial charge is 0.302 e. The highest BCUT2D eigenvalue weighted by atomic mass is 16.5. The maximum atomic E-state index is 10.6. The Kier molecular flexibility index (Phi) is 5.91. The Bertz CT molecular complexity index is 356. The summed E-state index contributed by atoms with van der Waals surface area (Å²) in [5, 5.41) is 0. The first-order valence-corrected chi connectivity index (χ1v) is 5.92. The lowest BCUT2D eigenvalue weighted by molar-refractivity contribution is -0.141. The van der Waals surface area contributed by atoms with Gasteiger partial charge in [-0.25, -0.2) is 0 Å². The second-order valence-corrected chi connectivity index (χ2v) is 4.00. The van der Waals surface area contributed by atoms with Crippen LogP contribution in [-0.2, 0) is 31.9 Å². The van der Waals surface area contributed by atoms with E-state index in [1.54, 1.807) is 0 Å². The van der Waals surface area contributed by atoms with Crippen LogP contribution in [0.1, 0.15) is 25.0 Å². The van der Waals surface area contributed by atoms with Gasteiger partial charge in [-0.1, -0.05) is 24.3 Å². The fourth-order valence-corrected chi connectivity index (χ4v) is 1.50. The number of carbonyl (C=O) groups is 2. The molecule has 0 saturated carbocycles. The zero-order chi connectivity index (χ0) is 13.4. The van der Waals surface area contributed by atoms with Crippen molar-refractivity contribution in [2.24, 2.45) is 0 Å². The summed E-state index contributed by atoms with van der Waals surface area (Å²) in [5.74, 6) is -0.513. The van der Waals surface area contributed by atoms with E-state index in [1.807, 2.05) is 24.3 Å². The fourth-order valence-electron chi connectivity index (χ4n) is 1.50. The van der Waals surface area contributed by atoms with Crippen molar-refractivity contribution in [3.63, 3.8) is 0 Å². The summed E-state index contributed by atoms with van der Waals surface area (Å²) >= 11 is 0. The van der Waals surface area contributed by atoms with Gasteiger partial charge in [0.15, 0.2) is 0 Å². The normalized spacial score (nSPS) is 9.89. The van der Waals surface area contributed by atoms with Gasteiger partial charge < -0.3 is 9.47 Å². The van der Waals surface area contributed by atoms with Gasteiger partial charge in [0, 0.05) is 26.7 Å². The number of benzene rings is 1. The molecule has 0 saturated heterocycles. The van der Waals surface area contributed by atoms with Crippen LogP contribution in [0.3, 0.4) is 0 Å². The van der Waals surface area contributed by atoms with Crippen molar-refractivity contribution < 1.29 is 19.1 Å². The molecule has 0 unspecified atom stereocenters. The van der Waals surface area contributed by atoms with Gasteiger partial charge >= 0.3 is 11.9 Å². The molecule has 1 aromatic rings. The first-order chi connectivity index (χ1) is 8.58. The van der Waals surface area contributed by atoms with Gasteiger partial charge in [-0.05, 0) is 11.1 Å². The van der Waals surface area contributed by atoms with Crippen molar-refractivity contribution in [1.82, 2.24) is 0 Å². The van der Waals surface area contributed by atoms with Crippen molar-refractivity contribution in [2.75, 3.05) is 13.2 Å². The second kappa shape index (κ2) is 7.48. The van der Waals surface area contributed by atoms with Crippen molar-refractivity contribution >= 4 is 11.9 Å². The molecule has 0 atom stereocenters. The number of hydrogen-bond acceptors (Lipinski definition) is 4. The predicted octanol–water partition coefficient (Wildman–Crippen LogP) is 1.90. The molecule has 0 N–H and O–H groups in total. The summed E-state index contributed by atoms with van der Waals surface area (Å²) in [7, 11) is 0. The third kappa shape index (κ3) is 6.03. The molecule has 4 heteroatoms. The largest absolute Gasteiger partial charge is 0.466 e. The SMILES string of the molecule is CC(=O)OCCc1ccc(CCOC(C)=O)cc1. The van der Waals surface area contributed by atoms with E-state index in [9.17, 15) is 9.59 Å². The molecule has 0 heterocycles. The number of hydrogen-bond donors (Lipinski definition) is 0. The highest BCUT2D eigenvalue weighted by Gasteiger charge is 1.98. The Morgan fingerprint density at radius 2 is 1.17 bits per heavy atom. The lowest BCUT2D eigenvalue weighted by atomic mass is 10.1. The van der Waals surface area contributed by atoms with Crippen LogP contribution in [0.2, 0.25) is 0 Å². The average molecular weight is 250 g/mol. The molecule has 4 nitrogen and oxygen atoms in total. The Hall–Kier alpha value is -1.84.